The van der Waals surface area contributed by atoms with E-state index in [-0.39, 0.29) is 18.8 Å². The van der Waals surface area contributed by atoms with Crippen LogP contribution in [0.25, 0.3) is 0 Å². The maximum atomic E-state index is 9.97. The SMILES string of the molecule is CCCCCC=CCC=CCCCCCCCCOC1CN(CC(O)CO)CC1OCCCCCCCCC=CCC=CCCCCC. The Morgan fingerprint density at radius 1 is 0.521 bits per heavy atom. The summed E-state index contributed by atoms with van der Waals surface area (Å²) in [4.78, 5) is 2.19. The molecule has 0 spiro atoms. The van der Waals surface area contributed by atoms with Gasteiger partial charge < -0.3 is 19.7 Å². The van der Waals surface area contributed by atoms with Crippen LogP contribution in [0, 0.1) is 0 Å². The topological polar surface area (TPSA) is 62.2 Å². The summed E-state index contributed by atoms with van der Waals surface area (Å²) in [5, 5.41) is 19.3. The molecular formula is C43H79NO4. The number of hydrogen-bond donors (Lipinski definition) is 2. The van der Waals surface area contributed by atoms with Gasteiger partial charge in [0, 0.05) is 32.8 Å². The highest BCUT2D eigenvalue weighted by molar-refractivity contribution is 4.93. The lowest BCUT2D eigenvalue weighted by Crippen LogP contribution is -2.33. The summed E-state index contributed by atoms with van der Waals surface area (Å²) in [6, 6.07) is 0. The lowest BCUT2D eigenvalue weighted by atomic mass is 10.1. The van der Waals surface area contributed by atoms with Crippen LogP contribution in [0.2, 0.25) is 0 Å². The normalized spacial score (nSPS) is 18.2. The third-order valence-electron chi connectivity index (χ3n) is 9.32. The highest BCUT2D eigenvalue weighted by Crippen LogP contribution is 2.19. The Kier molecular flexibility index (Phi) is 33.2. The number of ether oxygens (including phenoxy) is 2. The van der Waals surface area contributed by atoms with Gasteiger partial charge in [-0.15, -0.1) is 0 Å². The molecular weight excluding hydrogens is 594 g/mol. The van der Waals surface area contributed by atoms with Gasteiger partial charge in [-0.05, 0) is 77.0 Å². The fourth-order valence-electron chi connectivity index (χ4n) is 6.29. The van der Waals surface area contributed by atoms with Crippen LogP contribution in [0.3, 0.4) is 0 Å². The van der Waals surface area contributed by atoms with Gasteiger partial charge in [-0.3, -0.25) is 4.90 Å². The van der Waals surface area contributed by atoms with Gasteiger partial charge in [0.1, 0.15) is 0 Å². The molecule has 1 aliphatic rings. The van der Waals surface area contributed by atoms with Gasteiger partial charge >= 0.3 is 0 Å². The Bertz CT molecular complexity index is 721. The van der Waals surface area contributed by atoms with Gasteiger partial charge in [-0.25, -0.2) is 0 Å². The molecule has 5 heteroatoms. The van der Waals surface area contributed by atoms with Crippen molar-refractivity contribution < 1.29 is 19.7 Å². The molecule has 3 atom stereocenters. The van der Waals surface area contributed by atoms with Crippen LogP contribution in [0.5, 0.6) is 0 Å². The Labute approximate surface area is 298 Å². The molecule has 0 aliphatic carbocycles. The number of hydrogen-bond acceptors (Lipinski definition) is 5. The zero-order valence-corrected chi connectivity index (χ0v) is 31.7. The van der Waals surface area contributed by atoms with E-state index in [0.29, 0.717) is 6.54 Å². The number of aliphatic hydroxyl groups is 2. The third-order valence-corrected chi connectivity index (χ3v) is 9.32. The van der Waals surface area contributed by atoms with E-state index in [1.165, 1.54) is 128 Å². The molecule has 0 aromatic rings. The van der Waals surface area contributed by atoms with Crippen molar-refractivity contribution in [2.75, 3.05) is 39.5 Å². The van der Waals surface area contributed by atoms with Crippen LogP contribution in [0.4, 0.5) is 0 Å². The van der Waals surface area contributed by atoms with Crippen molar-refractivity contribution >= 4 is 0 Å². The first-order chi connectivity index (χ1) is 23.7. The summed E-state index contributed by atoms with van der Waals surface area (Å²) in [6.45, 7) is 7.89. The predicted molar refractivity (Wildman–Crippen MR) is 208 cm³/mol. The zero-order chi connectivity index (χ0) is 34.6. The molecule has 1 rings (SSSR count). The van der Waals surface area contributed by atoms with E-state index >= 15 is 0 Å². The van der Waals surface area contributed by atoms with Gasteiger partial charge in [0.05, 0.1) is 24.9 Å². The molecule has 1 fully saturated rings. The molecule has 1 saturated heterocycles. The minimum Gasteiger partial charge on any atom is -0.394 e. The van der Waals surface area contributed by atoms with Crippen molar-refractivity contribution in [1.82, 2.24) is 4.90 Å². The average Bonchev–Trinajstić information content (AvgIpc) is 3.47. The van der Waals surface area contributed by atoms with Gasteiger partial charge in [0.2, 0.25) is 0 Å². The van der Waals surface area contributed by atoms with Crippen molar-refractivity contribution in [1.29, 1.82) is 0 Å². The van der Waals surface area contributed by atoms with E-state index in [4.69, 9.17) is 9.47 Å². The Morgan fingerprint density at radius 2 is 0.875 bits per heavy atom. The van der Waals surface area contributed by atoms with Crippen LogP contribution < -0.4 is 0 Å². The summed E-state index contributed by atoms with van der Waals surface area (Å²) < 4.78 is 12.7. The summed E-state index contributed by atoms with van der Waals surface area (Å²) in [6.07, 6.45) is 48.0. The quantitative estimate of drug-likeness (QED) is 0.0518. The maximum Gasteiger partial charge on any atom is 0.0975 e. The smallest absolute Gasteiger partial charge is 0.0975 e. The lowest BCUT2D eigenvalue weighted by molar-refractivity contribution is -0.0481. The van der Waals surface area contributed by atoms with Crippen LogP contribution in [0.15, 0.2) is 48.6 Å². The van der Waals surface area contributed by atoms with Crippen molar-refractivity contribution in [3.63, 3.8) is 0 Å². The van der Waals surface area contributed by atoms with Crippen LogP contribution in [-0.4, -0.2) is 72.9 Å². The Balaban J connectivity index is 2.08. The van der Waals surface area contributed by atoms with Crippen molar-refractivity contribution in [2.45, 2.75) is 186 Å². The fourth-order valence-corrected chi connectivity index (χ4v) is 6.29. The number of aliphatic hydroxyl groups excluding tert-OH is 2. The number of unbranched alkanes of at least 4 members (excludes halogenated alkanes) is 18. The van der Waals surface area contributed by atoms with E-state index in [1.807, 2.05) is 0 Å². The molecule has 2 N–H and O–H groups in total. The molecule has 1 heterocycles. The minimum atomic E-state index is -0.704. The molecule has 0 amide bonds. The number of nitrogens with zero attached hydrogens (tertiary/aromatic N) is 1. The van der Waals surface area contributed by atoms with Crippen LogP contribution in [0.1, 0.15) is 168 Å². The number of likely N-dealkylation sites (tertiary alicyclic amines) is 1. The zero-order valence-electron chi connectivity index (χ0n) is 31.7. The first kappa shape index (κ1) is 44.8. The summed E-state index contributed by atoms with van der Waals surface area (Å²) in [5.74, 6) is 0. The van der Waals surface area contributed by atoms with Crippen LogP contribution in [-0.2, 0) is 9.47 Å². The van der Waals surface area contributed by atoms with Crippen molar-refractivity contribution in [2.24, 2.45) is 0 Å². The second-order valence-corrected chi connectivity index (χ2v) is 14.0. The van der Waals surface area contributed by atoms with E-state index < -0.39 is 6.10 Å². The molecule has 280 valence electrons. The monoisotopic (exact) mass is 674 g/mol. The number of allylic oxidation sites excluding steroid dienone is 8. The minimum absolute atomic E-state index is 0.0541. The highest BCUT2D eigenvalue weighted by atomic mass is 16.5. The standard InChI is InChI=1S/C43H79NO4/c1-3-5-7-9-11-13-15-17-19-21-23-25-27-29-31-33-35-47-42-38-44(37-41(46)40-45)39-43(42)48-36-34-32-30-28-26-24-22-20-18-16-14-12-10-8-6-4-2/h11-14,17-20,41-43,45-46H,3-10,15-16,21-40H2,1-2H3. The first-order valence-electron chi connectivity index (χ1n) is 20.6. The van der Waals surface area contributed by atoms with E-state index in [0.717, 1.165) is 52.0 Å². The maximum absolute atomic E-state index is 9.97. The van der Waals surface area contributed by atoms with E-state index in [2.05, 4.69) is 67.4 Å². The van der Waals surface area contributed by atoms with Crippen molar-refractivity contribution in [3.05, 3.63) is 48.6 Å². The molecule has 0 aromatic carbocycles. The van der Waals surface area contributed by atoms with Crippen molar-refractivity contribution in [3.8, 4) is 0 Å². The molecule has 1 aliphatic heterocycles. The molecule has 0 saturated carbocycles. The third kappa shape index (κ3) is 28.6. The molecule has 48 heavy (non-hydrogen) atoms. The average molecular weight is 674 g/mol. The Hall–Kier alpha value is -1.24. The molecule has 5 nitrogen and oxygen atoms in total. The summed E-state index contributed by atoms with van der Waals surface area (Å²) in [5.41, 5.74) is 0. The second kappa shape index (κ2) is 35.6. The van der Waals surface area contributed by atoms with E-state index in [1.54, 1.807) is 0 Å². The highest BCUT2D eigenvalue weighted by Gasteiger charge is 2.34. The summed E-state index contributed by atoms with van der Waals surface area (Å²) >= 11 is 0. The van der Waals surface area contributed by atoms with Gasteiger partial charge in [-0.2, -0.15) is 0 Å². The van der Waals surface area contributed by atoms with E-state index in [9.17, 15) is 10.2 Å². The van der Waals surface area contributed by atoms with Crippen LogP contribution >= 0.6 is 0 Å². The molecule has 0 bridgehead atoms. The first-order valence-corrected chi connectivity index (χ1v) is 20.6. The van der Waals surface area contributed by atoms with Gasteiger partial charge in [0.15, 0.2) is 0 Å². The summed E-state index contributed by atoms with van der Waals surface area (Å²) in [7, 11) is 0. The lowest BCUT2D eigenvalue weighted by Gasteiger charge is -2.20. The van der Waals surface area contributed by atoms with Gasteiger partial charge in [0.25, 0.3) is 0 Å². The largest absolute Gasteiger partial charge is 0.394 e. The second-order valence-electron chi connectivity index (χ2n) is 14.0. The molecule has 3 unspecified atom stereocenters. The Morgan fingerprint density at radius 3 is 1.25 bits per heavy atom. The van der Waals surface area contributed by atoms with Gasteiger partial charge in [-0.1, -0.05) is 140 Å². The fraction of sp³-hybridized carbons (Fsp3) is 0.814. The molecule has 0 radical (unpaired) electrons. The molecule has 0 aromatic heterocycles. The number of rotatable bonds is 35. The number of β-amino-alcohol motifs (C(OH)–C–C–N with tert-alkyl or cyclic N) is 1. The predicted octanol–water partition coefficient (Wildman–Crippen LogP) is 11.1.